The highest BCUT2D eigenvalue weighted by atomic mass is 16.5. The summed E-state index contributed by atoms with van der Waals surface area (Å²) in [6.45, 7) is 9.08. The average Bonchev–Trinajstić information content (AvgIpc) is 2.02. The van der Waals surface area contributed by atoms with Gasteiger partial charge in [0.2, 0.25) is 0 Å². The Labute approximate surface area is 87.6 Å². The van der Waals surface area contributed by atoms with Crippen molar-refractivity contribution in [1.29, 1.82) is 0 Å². The van der Waals surface area contributed by atoms with Gasteiger partial charge in [0.25, 0.3) is 0 Å². The van der Waals surface area contributed by atoms with E-state index in [1.807, 2.05) is 0 Å². The first-order valence-electron chi connectivity index (χ1n) is 5.96. The Bertz CT molecular complexity index is 193. The second kappa shape index (κ2) is 3.82. The third-order valence-corrected chi connectivity index (χ3v) is 3.54. The summed E-state index contributed by atoms with van der Waals surface area (Å²) in [4.78, 5) is 2.65. The largest absolute Gasteiger partial charge is 0.375 e. The number of morpholine rings is 1. The Morgan fingerprint density at radius 2 is 1.86 bits per heavy atom. The third kappa shape index (κ3) is 2.12. The zero-order chi connectivity index (χ0) is 10.2. The van der Waals surface area contributed by atoms with Crippen LogP contribution in [0.3, 0.4) is 0 Å². The lowest BCUT2D eigenvalue weighted by Crippen LogP contribution is -2.57. The maximum atomic E-state index is 5.87. The summed E-state index contributed by atoms with van der Waals surface area (Å²) in [6.07, 6.45) is 5.84. The summed E-state index contributed by atoms with van der Waals surface area (Å²) >= 11 is 0. The van der Waals surface area contributed by atoms with Crippen LogP contribution in [-0.2, 0) is 4.74 Å². The van der Waals surface area contributed by atoms with Crippen molar-refractivity contribution >= 4 is 0 Å². The Hall–Kier alpha value is -0.0800. The molecule has 3 aliphatic rings. The van der Waals surface area contributed by atoms with E-state index in [9.17, 15) is 0 Å². The molecule has 3 fully saturated rings. The molecule has 3 rings (SSSR count). The number of fused-ring (bicyclic) bond motifs is 5. The number of rotatable bonds is 0. The topological polar surface area (TPSA) is 12.5 Å². The van der Waals surface area contributed by atoms with Crippen LogP contribution >= 0.6 is 0 Å². The normalized spacial score (nSPS) is 35.4. The van der Waals surface area contributed by atoms with Crippen molar-refractivity contribution in [3.8, 4) is 0 Å². The van der Waals surface area contributed by atoms with Gasteiger partial charge in [0.15, 0.2) is 0 Å². The Kier molecular flexibility index (Phi) is 2.85. The van der Waals surface area contributed by atoms with E-state index in [-0.39, 0.29) is 0 Å². The molecule has 3 aliphatic heterocycles. The predicted molar refractivity (Wildman–Crippen MR) is 58.5 cm³/mol. The maximum absolute atomic E-state index is 5.87. The van der Waals surface area contributed by atoms with Gasteiger partial charge in [0.05, 0.1) is 12.7 Å². The van der Waals surface area contributed by atoms with E-state index in [1.54, 1.807) is 0 Å². The minimum Gasteiger partial charge on any atom is -0.375 e. The second-order valence-corrected chi connectivity index (χ2v) is 5.72. The monoisotopic (exact) mass is 197 g/mol. The molecule has 0 saturated carbocycles. The first-order chi connectivity index (χ1) is 6.57. The van der Waals surface area contributed by atoms with Crippen LogP contribution < -0.4 is 0 Å². The van der Waals surface area contributed by atoms with Crippen molar-refractivity contribution < 1.29 is 4.74 Å². The lowest BCUT2D eigenvalue weighted by molar-refractivity contribution is -0.107. The lowest BCUT2D eigenvalue weighted by Gasteiger charge is -2.48. The number of nitrogens with zero attached hydrogens (tertiary/aromatic N) is 1. The van der Waals surface area contributed by atoms with E-state index in [0.29, 0.717) is 17.7 Å². The van der Waals surface area contributed by atoms with E-state index < -0.39 is 0 Å². The highest BCUT2D eigenvalue weighted by Gasteiger charge is 2.36. The van der Waals surface area contributed by atoms with Gasteiger partial charge in [-0.1, -0.05) is 12.8 Å². The highest BCUT2D eigenvalue weighted by Crippen LogP contribution is 2.29. The number of hydrogen-bond donors (Lipinski definition) is 0. The molecule has 0 aromatic heterocycles. The molecule has 0 spiro atoms. The van der Waals surface area contributed by atoms with Crippen molar-refractivity contribution in [1.82, 2.24) is 4.90 Å². The maximum Gasteiger partial charge on any atom is 0.0703 e. The smallest absolute Gasteiger partial charge is 0.0703 e. The van der Waals surface area contributed by atoms with Gasteiger partial charge in [0, 0.05) is 18.1 Å². The predicted octanol–water partition coefficient (Wildman–Crippen LogP) is 2.43. The van der Waals surface area contributed by atoms with Gasteiger partial charge in [0.1, 0.15) is 0 Å². The molecule has 2 heteroatoms. The fourth-order valence-electron chi connectivity index (χ4n) is 2.75. The molecule has 2 atom stereocenters. The summed E-state index contributed by atoms with van der Waals surface area (Å²) in [5.74, 6) is 0. The molecule has 2 unspecified atom stereocenters. The molecule has 2 nitrogen and oxygen atoms in total. The molecule has 3 saturated heterocycles. The van der Waals surface area contributed by atoms with Crippen molar-refractivity contribution in [3.63, 3.8) is 0 Å². The van der Waals surface area contributed by atoms with Gasteiger partial charge >= 0.3 is 0 Å². The van der Waals surface area contributed by atoms with Crippen molar-refractivity contribution in [2.24, 2.45) is 0 Å². The summed E-state index contributed by atoms with van der Waals surface area (Å²) in [5.41, 5.74) is 0.310. The minimum atomic E-state index is 0.310. The zero-order valence-corrected chi connectivity index (χ0v) is 9.75. The first kappa shape index (κ1) is 10.4. The number of ether oxygens (including phenoxy) is 1. The van der Waals surface area contributed by atoms with E-state index >= 15 is 0 Å². The molecule has 0 aliphatic carbocycles. The highest BCUT2D eigenvalue weighted by molar-refractivity contribution is 4.89. The molecule has 14 heavy (non-hydrogen) atoms. The van der Waals surface area contributed by atoms with Crippen LogP contribution in [-0.4, -0.2) is 35.7 Å². The molecule has 0 aromatic rings. The molecule has 82 valence electrons. The fraction of sp³-hybridized carbons (Fsp3) is 1.00. The van der Waals surface area contributed by atoms with Gasteiger partial charge < -0.3 is 4.74 Å². The third-order valence-electron chi connectivity index (χ3n) is 3.54. The van der Waals surface area contributed by atoms with Crippen LogP contribution in [0.5, 0.6) is 0 Å². The molecular weight excluding hydrogens is 174 g/mol. The van der Waals surface area contributed by atoms with Crippen LogP contribution in [0.4, 0.5) is 0 Å². The zero-order valence-electron chi connectivity index (χ0n) is 9.75. The molecule has 0 N–H and O–H groups in total. The van der Waals surface area contributed by atoms with Gasteiger partial charge in [-0.2, -0.15) is 0 Å². The van der Waals surface area contributed by atoms with E-state index in [4.69, 9.17) is 4.74 Å². The lowest BCUT2D eigenvalue weighted by atomic mass is 9.93. The van der Waals surface area contributed by atoms with Crippen molar-refractivity contribution in [3.05, 3.63) is 0 Å². The fourth-order valence-corrected chi connectivity index (χ4v) is 2.75. The van der Waals surface area contributed by atoms with Crippen LogP contribution in [0.25, 0.3) is 0 Å². The number of hydrogen-bond acceptors (Lipinski definition) is 2. The summed E-state index contributed by atoms with van der Waals surface area (Å²) in [6, 6.07) is 0.673. The summed E-state index contributed by atoms with van der Waals surface area (Å²) in [5, 5.41) is 0. The molecule has 0 amide bonds. The van der Waals surface area contributed by atoms with Crippen LogP contribution in [0.2, 0.25) is 0 Å². The molecule has 2 bridgehead atoms. The van der Waals surface area contributed by atoms with Gasteiger partial charge in [-0.25, -0.2) is 0 Å². The molecule has 3 heterocycles. The quantitative estimate of drug-likeness (QED) is 0.591. The van der Waals surface area contributed by atoms with E-state index in [0.717, 1.165) is 13.2 Å². The molecule has 0 aromatic carbocycles. The van der Waals surface area contributed by atoms with Gasteiger partial charge in [-0.05, 0) is 33.6 Å². The van der Waals surface area contributed by atoms with Gasteiger partial charge in [-0.15, -0.1) is 0 Å². The minimum absolute atomic E-state index is 0.310. The first-order valence-corrected chi connectivity index (χ1v) is 5.96. The van der Waals surface area contributed by atoms with Crippen molar-refractivity contribution in [2.45, 2.75) is 64.1 Å². The SMILES string of the molecule is CC(C)(C)N1CC2CCCCC1CO2. The van der Waals surface area contributed by atoms with Crippen molar-refractivity contribution in [2.75, 3.05) is 13.2 Å². The molecular formula is C12H23NO. The average molecular weight is 197 g/mol. The Balaban J connectivity index is 2.10. The van der Waals surface area contributed by atoms with Crippen LogP contribution in [0.15, 0.2) is 0 Å². The summed E-state index contributed by atoms with van der Waals surface area (Å²) in [7, 11) is 0. The van der Waals surface area contributed by atoms with Crippen LogP contribution in [0.1, 0.15) is 46.5 Å². The van der Waals surface area contributed by atoms with E-state index in [1.165, 1.54) is 25.7 Å². The second-order valence-electron chi connectivity index (χ2n) is 5.72. The standard InChI is InChI=1S/C12H23NO/c1-12(2,3)13-8-11-7-5-4-6-10(13)9-14-11/h10-11H,4-9H2,1-3H3. The summed E-state index contributed by atoms with van der Waals surface area (Å²) < 4.78 is 5.87. The Morgan fingerprint density at radius 3 is 2.57 bits per heavy atom. The van der Waals surface area contributed by atoms with E-state index in [2.05, 4.69) is 25.7 Å². The van der Waals surface area contributed by atoms with Crippen LogP contribution in [0, 0.1) is 0 Å². The Morgan fingerprint density at radius 1 is 1.14 bits per heavy atom. The van der Waals surface area contributed by atoms with Gasteiger partial charge in [-0.3, -0.25) is 4.90 Å². The molecule has 0 radical (unpaired) electrons.